The van der Waals surface area contributed by atoms with E-state index in [9.17, 15) is 4.79 Å². The molecule has 1 amide bonds. The van der Waals surface area contributed by atoms with Crippen molar-refractivity contribution in [3.63, 3.8) is 0 Å². The molecule has 0 spiro atoms. The number of amides is 1. The number of hydrogen-bond acceptors (Lipinski definition) is 5. The molecule has 0 N–H and O–H groups in total. The van der Waals surface area contributed by atoms with E-state index in [2.05, 4.69) is 10.1 Å². The molecule has 7 nitrogen and oxygen atoms in total. The summed E-state index contributed by atoms with van der Waals surface area (Å²) in [4.78, 5) is 18.3. The first-order valence-electron chi connectivity index (χ1n) is 7.49. The van der Waals surface area contributed by atoms with Crippen LogP contribution in [0.4, 0.5) is 0 Å². The molecule has 1 saturated heterocycles. The molecule has 2 aromatic heterocycles. The van der Waals surface area contributed by atoms with E-state index in [1.54, 1.807) is 24.2 Å². The van der Waals surface area contributed by atoms with E-state index in [1.807, 2.05) is 30.4 Å². The third-order valence-electron chi connectivity index (χ3n) is 3.96. The van der Waals surface area contributed by atoms with Crippen LogP contribution in [0.2, 0.25) is 0 Å². The van der Waals surface area contributed by atoms with Crippen molar-refractivity contribution in [2.24, 2.45) is 7.05 Å². The summed E-state index contributed by atoms with van der Waals surface area (Å²) >= 11 is 0. The molecule has 1 aliphatic heterocycles. The van der Waals surface area contributed by atoms with Crippen molar-refractivity contribution in [3.05, 3.63) is 36.4 Å². The molecule has 0 saturated carbocycles. The van der Waals surface area contributed by atoms with Gasteiger partial charge >= 0.3 is 0 Å². The quantitative estimate of drug-likeness (QED) is 0.824. The Balaban J connectivity index is 1.97. The van der Waals surface area contributed by atoms with E-state index in [1.165, 1.54) is 0 Å². The van der Waals surface area contributed by atoms with Gasteiger partial charge in [-0.2, -0.15) is 5.10 Å². The van der Waals surface area contributed by atoms with Crippen molar-refractivity contribution in [1.82, 2.24) is 19.7 Å². The number of methoxy groups -OCH3 is 1. The van der Waals surface area contributed by atoms with Gasteiger partial charge < -0.3 is 14.4 Å². The highest BCUT2D eigenvalue weighted by atomic mass is 16.5. The van der Waals surface area contributed by atoms with Crippen LogP contribution in [0.5, 0.6) is 0 Å². The van der Waals surface area contributed by atoms with Crippen molar-refractivity contribution in [2.45, 2.75) is 6.04 Å². The van der Waals surface area contributed by atoms with Crippen molar-refractivity contribution >= 4 is 5.91 Å². The summed E-state index contributed by atoms with van der Waals surface area (Å²) in [7, 11) is 3.51. The Kier molecular flexibility index (Phi) is 4.68. The summed E-state index contributed by atoms with van der Waals surface area (Å²) in [6.45, 7) is 1.59. The molecule has 1 atom stereocenters. The van der Waals surface area contributed by atoms with E-state index in [0.29, 0.717) is 19.8 Å². The maximum Gasteiger partial charge on any atom is 0.249 e. The Hall–Kier alpha value is -2.25. The molecule has 2 aromatic rings. The molecule has 0 aromatic carbocycles. The molecule has 1 unspecified atom stereocenters. The highest BCUT2D eigenvalue weighted by molar-refractivity contribution is 5.79. The first kappa shape index (κ1) is 15.6. The van der Waals surface area contributed by atoms with E-state index < -0.39 is 0 Å². The predicted molar refractivity (Wildman–Crippen MR) is 83.6 cm³/mol. The number of carbonyl (C=O) groups is 1. The van der Waals surface area contributed by atoms with Crippen molar-refractivity contribution in [2.75, 3.05) is 33.5 Å². The van der Waals surface area contributed by atoms with Crippen LogP contribution in [0.25, 0.3) is 11.1 Å². The van der Waals surface area contributed by atoms with Crippen molar-refractivity contribution in [1.29, 1.82) is 0 Å². The van der Waals surface area contributed by atoms with Crippen LogP contribution in [-0.2, 0) is 21.3 Å². The highest BCUT2D eigenvalue weighted by Gasteiger charge is 2.31. The van der Waals surface area contributed by atoms with Gasteiger partial charge in [0.1, 0.15) is 6.61 Å². The fraction of sp³-hybridized carbons (Fsp3) is 0.438. The number of aromatic nitrogens is 3. The van der Waals surface area contributed by atoms with Crippen LogP contribution in [0.1, 0.15) is 11.6 Å². The van der Waals surface area contributed by atoms with E-state index in [0.717, 1.165) is 16.7 Å². The molecule has 23 heavy (non-hydrogen) atoms. The summed E-state index contributed by atoms with van der Waals surface area (Å²) in [6.07, 6.45) is 7.30. The monoisotopic (exact) mass is 316 g/mol. The lowest BCUT2D eigenvalue weighted by molar-refractivity contribution is -0.149. The van der Waals surface area contributed by atoms with E-state index >= 15 is 0 Å². The Morgan fingerprint density at radius 1 is 1.43 bits per heavy atom. The molecule has 1 aliphatic rings. The average molecular weight is 316 g/mol. The highest BCUT2D eigenvalue weighted by Crippen LogP contribution is 2.32. The van der Waals surface area contributed by atoms with Gasteiger partial charge in [0.25, 0.3) is 0 Å². The maximum atomic E-state index is 12.2. The zero-order valence-electron chi connectivity index (χ0n) is 13.3. The van der Waals surface area contributed by atoms with Gasteiger partial charge in [-0.1, -0.05) is 0 Å². The zero-order chi connectivity index (χ0) is 16.2. The number of nitrogens with zero attached hydrogens (tertiary/aromatic N) is 4. The first-order chi connectivity index (χ1) is 11.2. The van der Waals surface area contributed by atoms with E-state index in [-0.39, 0.29) is 18.6 Å². The van der Waals surface area contributed by atoms with Crippen LogP contribution >= 0.6 is 0 Å². The average Bonchev–Trinajstić information content (AvgIpc) is 3.00. The van der Waals surface area contributed by atoms with Crippen LogP contribution < -0.4 is 0 Å². The summed E-state index contributed by atoms with van der Waals surface area (Å²) < 4.78 is 12.4. The third-order valence-corrected chi connectivity index (χ3v) is 3.96. The van der Waals surface area contributed by atoms with Crippen LogP contribution in [0.3, 0.4) is 0 Å². The normalized spacial score (nSPS) is 18.4. The van der Waals surface area contributed by atoms with Gasteiger partial charge in [-0.25, -0.2) is 0 Å². The lowest BCUT2D eigenvalue weighted by Gasteiger charge is -2.36. The number of carbonyl (C=O) groups excluding carboxylic acids is 1. The molecule has 1 fully saturated rings. The summed E-state index contributed by atoms with van der Waals surface area (Å²) in [6, 6.07) is 1.77. The lowest BCUT2D eigenvalue weighted by Crippen LogP contribution is -2.45. The molecular formula is C16H20N4O3. The number of pyridine rings is 1. The Labute approximate surface area is 134 Å². The van der Waals surface area contributed by atoms with E-state index in [4.69, 9.17) is 9.47 Å². The zero-order valence-corrected chi connectivity index (χ0v) is 13.3. The smallest absolute Gasteiger partial charge is 0.249 e. The standard InChI is InChI=1S/C16H20N4O3/c1-19-9-12(7-18-19)13-3-4-17-8-14(13)15-10-23-11-16(21)20(15)5-6-22-2/h3-4,7-9,15H,5-6,10-11H2,1-2H3. The topological polar surface area (TPSA) is 69.5 Å². The predicted octanol–water partition coefficient (Wildman–Crippen LogP) is 1.03. The minimum atomic E-state index is -0.171. The van der Waals surface area contributed by atoms with Gasteiger partial charge in [-0.3, -0.25) is 14.5 Å². The minimum absolute atomic E-state index is 0.0284. The fourth-order valence-electron chi connectivity index (χ4n) is 2.83. The summed E-state index contributed by atoms with van der Waals surface area (Å²) in [5.41, 5.74) is 2.97. The molecular weight excluding hydrogens is 296 g/mol. The van der Waals surface area contributed by atoms with Gasteiger partial charge in [0.05, 0.1) is 25.5 Å². The summed E-state index contributed by atoms with van der Waals surface area (Å²) in [5, 5.41) is 4.23. The molecule has 122 valence electrons. The minimum Gasteiger partial charge on any atom is -0.383 e. The van der Waals surface area contributed by atoms with Crippen molar-refractivity contribution < 1.29 is 14.3 Å². The number of hydrogen-bond donors (Lipinski definition) is 0. The van der Waals surface area contributed by atoms with Gasteiger partial charge in [0.2, 0.25) is 5.91 Å². The fourth-order valence-corrected chi connectivity index (χ4v) is 2.83. The summed E-state index contributed by atoms with van der Waals surface area (Å²) in [5.74, 6) is -0.0284. The van der Waals surface area contributed by atoms with Gasteiger partial charge in [-0.05, 0) is 11.6 Å². The van der Waals surface area contributed by atoms with Gasteiger partial charge in [0, 0.05) is 50.4 Å². The Morgan fingerprint density at radius 2 is 2.30 bits per heavy atom. The number of ether oxygens (including phenoxy) is 2. The number of morpholine rings is 1. The first-order valence-corrected chi connectivity index (χ1v) is 7.49. The second kappa shape index (κ2) is 6.89. The molecule has 0 radical (unpaired) electrons. The molecule has 3 heterocycles. The lowest BCUT2D eigenvalue weighted by atomic mass is 9.97. The number of aryl methyl sites for hydroxylation is 1. The van der Waals surface area contributed by atoms with Gasteiger partial charge in [-0.15, -0.1) is 0 Å². The Morgan fingerprint density at radius 3 is 3.04 bits per heavy atom. The third kappa shape index (κ3) is 3.25. The van der Waals surface area contributed by atoms with Gasteiger partial charge in [0.15, 0.2) is 0 Å². The largest absolute Gasteiger partial charge is 0.383 e. The second-order valence-corrected chi connectivity index (χ2v) is 5.48. The van der Waals surface area contributed by atoms with Crippen LogP contribution in [0, 0.1) is 0 Å². The maximum absolute atomic E-state index is 12.2. The van der Waals surface area contributed by atoms with Crippen LogP contribution in [0.15, 0.2) is 30.9 Å². The molecule has 0 aliphatic carbocycles. The van der Waals surface area contributed by atoms with Crippen LogP contribution in [-0.4, -0.2) is 59.0 Å². The SMILES string of the molecule is COCCN1C(=O)COCC1c1cnccc1-c1cnn(C)c1. The second-order valence-electron chi connectivity index (χ2n) is 5.48. The number of rotatable bonds is 5. The Bertz CT molecular complexity index is 685. The molecule has 0 bridgehead atoms. The molecule has 7 heteroatoms. The molecule has 3 rings (SSSR count). The van der Waals surface area contributed by atoms with Crippen molar-refractivity contribution in [3.8, 4) is 11.1 Å².